The van der Waals surface area contributed by atoms with Crippen molar-refractivity contribution in [2.75, 3.05) is 20.2 Å². The number of methoxy groups -OCH3 is 1. The molecule has 3 atom stereocenters. The van der Waals surface area contributed by atoms with Crippen LogP contribution in [0.5, 0.6) is 0 Å². The van der Waals surface area contributed by atoms with Crippen molar-refractivity contribution >= 4 is 11.9 Å². The van der Waals surface area contributed by atoms with Crippen molar-refractivity contribution in [3.63, 3.8) is 0 Å². The molecule has 1 aliphatic heterocycles. The second-order valence-corrected chi connectivity index (χ2v) is 7.22. The first-order valence-electron chi connectivity index (χ1n) is 9.07. The van der Waals surface area contributed by atoms with Gasteiger partial charge in [0, 0.05) is 19.5 Å². The Labute approximate surface area is 144 Å². The van der Waals surface area contributed by atoms with E-state index in [1.54, 1.807) is 0 Å². The van der Waals surface area contributed by atoms with Gasteiger partial charge in [-0.15, -0.1) is 0 Å². The van der Waals surface area contributed by atoms with E-state index in [0.29, 0.717) is 18.3 Å². The van der Waals surface area contributed by atoms with Crippen LogP contribution in [0.15, 0.2) is 30.3 Å². The molecule has 2 fully saturated rings. The monoisotopic (exact) mass is 329 g/mol. The molecule has 0 unspecified atom stereocenters. The minimum atomic E-state index is -0.396. The molecule has 3 rings (SSSR count). The van der Waals surface area contributed by atoms with Crippen LogP contribution in [0.1, 0.15) is 37.7 Å². The zero-order valence-corrected chi connectivity index (χ0v) is 14.4. The highest BCUT2D eigenvalue weighted by molar-refractivity contribution is 5.83. The van der Waals surface area contributed by atoms with Gasteiger partial charge in [0.2, 0.25) is 5.91 Å². The predicted molar refractivity (Wildman–Crippen MR) is 92.3 cm³/mol. The van der Waals surface area contributed by atoms with Gasteiger partial charge < -0.3 is 9.64 Å². The van der Waals surface area contributed by atoms with Crippen molar-refractivity contribution in [1.29, 1.82) is 0 Å². The first kappa shape index (κ1) is 17.0. The summed E-state index contributed by atoms with van der Waals surface area (Å²) in [5.41, 5.74) is 1.07. The average Bonchev–Trinajstić information content (AvgIpc) is 3.05. The molecule has 1 amide bonds. The second-order valence-electron chi connectivity index (χ2n) is 7.22. The lowest BCUT2D eigenvalue weighted by atomic mass is 9.82. The minimum Gasteiger partial charge on any atom is -0.469 e. The average molecular weight is 329 g/mol. The van der Waals surface area contributed by atoms with Gasteiger partial charge in [-0.05, 0) is 36.7 Å². The van der Waals surface area contributed by atoms with E-state index in [1.165, 1.54) is 32.8 Å². The highest BCUT2D eigenvalue weighted by Gasteiger charge is 2.37. The summed E-state index contributed by atoms with van der Waals surface area (Å²) in [5.74, 6) is 0.772. The third-order valence-corrected chi connectivity index (χ3v) is 5.61. The topological polar surface area (TPSA) is 46.6 Å². The molecule has 4 heteroatoms. The van der Waals surface area contributed by atoms with Crippen LogP contribution in [0, 0.1) is 17.8 Å². The number of hydrogen-bond acceptors (Lipinski definition) is 3. The fraction of sp³-hybridized carbons (Fsp3) is 0.600. The summed E-state index contributed by atoms with van der Waals surface area (Å²) in [6.07, 6.45) is 5.89. The van der Waals surface area contributed by atoms with Gasteiger partial charge in [-0.25, -0.2) is 0 Å². The smallest absolute Gasteiger partial charge is 0.309 e. The van der Waals surface area contributed by atoms with Gasteiger partial charge in [0.05, 0.1) is 13.0 Å². The summed E-state index contributed by atoms with van der Waals surface area (Å²) in [5, 5.41) is 0. The molecule has 1 heterocycles. The van der Waals surface area contributed by atoms with E-state index >= 15 is 0 Å². The van der Waals surface area contributed by atoms with Crippen LogP contribution in [0.4, 0.5) is 0 Å². The minimum absolute atomic E-state index is 0.107. The number of benzene rings is 1. The Kier molecular flexibility index (Phi) is 5.54. The number of fused-ring (bicyclic) bond motifs is 1. The molecule has 24 heavy (non-hydrogen) atoms. The van der Waals surface area contributed by atoms with Gasteiger partial charge in [0.15, 0.2) is 0 Å². The fourth-order valence-corrected chi connectivity index (χ4v) is 4.25. The summed E-state index contributed by atoms with van der Waals surface area (Å²) in [4.78, 5) is 26.8. The van der Waals surface area contributed by atoms with Gasteiger partial charge in [-0.2, -0.15) is 0 Å². The zero-order valence-electron chi connectivity index (χ0n) is 14.4. The molecule has 4 nitrogen and oxygen atoms in total. The Morgan fingerprint density at radius 3 is 2.33 bits per heavy atom. The number of amides is 1. The van der Waals surface area contributed by atoms with Crippen LogP contribution in [0.3, 0.4) is 0 Å². The maximum absolute atomic E-state index is 12.7. The molecule has 1 aliphatic carbocycles. The van der Waals surface area contributed by atoms with Crippen LogP contribution < -0.4 is 0 Å². The molecule has 1 aromatic rings. The van der Waals surface area contributed by atoms with E-state index < -0.39 is 5.92 Å². The van der Waals surface area contributed by atoms with Crippen molar-refractivity contribution in [1.82, 2.24) is 4.90 Å². The fourth-order valence-electron chi connectivity index (χ4n) is 4.25. The molecule has 2 aliphatic rings. The predicted octanol–water partition coefficient (Wildman–Crippen LogP) is 3.06. The Hall–Kier alpha value is -1.84. The number of carbonyl (C=O) groups excluding carboxylic acids is 2. The molecule has 1 saturated heterocycles. The third kappa shape index (κ3) is 3.97. The number of nitrogens with zero attached hydrogens (tertiary/aromatic N) is 1. The van der Waals surface area contributed by atoms with Crippen LogP contribution in [0.2, 0.25) is 0 Å². The maximum atomic E-state index is 12.7. The molecule has 0 N–H and O–H groups in total. The van der Waals surface area contributed by atoms with Gasteiger partial charge in [-0.3, -0.25) is 9.59 Å². The molecule has 0 bridgehead atoms. The standard InChI is InChI=1S/C20H27NO3/c1-24-20(23)18(11-15-7-3-2-4-8-15)12-19(22)21-13-16-9-5-6-10-17(16)14-21/h2-4,7-8,16-18H,5-6,9-14H2,1H3/t16-,17+,18-/m0/s1. The Balaban J connectivity index is 1.62. The lowest BCUT2D eigenvalue weighted by molar-refractivity contribution is -0.148. The first-order chi connectivity index (χ1) is 11.7. The summed E-state index contributed by atoms with van der Waals surface area (Å²) < 4.78 is 4.93. The zero-order chi connectivity index (χ0) is 16.9. The van der Waals surface area contributed by atoms with Crippen LogP contribution >= 0.6 is 0 Å². The van der Waals surface area contributed by atoms with Gasteiger partial charge in [0.25, 0.3) is 0 Å². The largest absolute Gasteiger partial charge is 0.469 e. The second kappa shape index (κ2) is 7.82. The Morgan fingerprint density at radius 2 is 1.75 bits per heavy atom. The molecule has 1 aromatic carbocycles. The molecule has 1 saturated carbocycles. The quantitative estimate of drug-likeness (QED) is 0.780. The number of ether oxygens (including phenoxy) is 1. The number of hydrogen-bond donors (Lipinski definition) is 0. The summed E-state index contributed by atoms with van der Waals surface area (Å²) in [6, 6.07) is 9.84. The molecule has 130 valence electrons. The summed E-state index contributed by atoms with van der Waals surface area (Å²) in [7, 11) is 1.40. The van der Waals surface area contributed by atoms with Crippen LogP contribution in [-0.4, -0.2) is 37.0 Å². The van der Waals surface area contributed by atoms with Crippen LogP contribution in [0.25, 0.3) is 0 Å². The van der Waals surface area contributed by atoms with E-state index in [0.717, 1.165) is 18.7 Å². The van der Waals surface area contributed by atoms with E-state index in [9.17, 15) is 9.59 Å². The lowest BCUT2D eigenvalue weighted by Crippen LogP contribution is -2.33. The lowest BCUT2D eigenvalue weighted by Gasteiger charge is -2.22. The molecule has 0 radical (unpaired) electrons. The summed E-state index contributed by atoms with van der Waals surface area (Å²) >= 11 is 0. The van der Waals surface area contributed by atoms with Crippen molar-refractivity contribution in [2.24, 2.45) is 17.8 Å². The highest BCUT2D eigenvalue weighted by Crippen LogP contribution is 2.36. The Morgan fingerprint density at radius 1 is 1.12 bits per heavy atom. The number of esters is 1. The van der Waals surface area contributed by atoms with Crippen LogP contribution in [-0.2, 0) is 20.7 Å². The van der Waals surface area contributed by atoms with Crippen molar-refractivity contribution in [2.45, 2.75) is 38.5 Å². The van der Waals surface area contributed by atoms with Crippen molar-refractivity contribution in [3.05, 3.63) is 35.9 Å². The van der Waals surface area contributed by atoms with E-state index in [4.69, 9.17) is 4.74 Å². The number of carbonyl (C=O) groups is 2. The highest BCUT2D eigenvalue weighted by atomic mass is 16.5. The number of rotatable bonds is 5. The van der Waals surface area contributed by atoms with Gasteiger partial charge in [0.1, 0.15) is 0 Å². The van der Waals surface area contributed by atoms with E-state index in [-0.39, 0.29) is 18.3 Å². The SMILES string of the molecule is COC(=O)[C@H](CC(=O)N1C[C@H]2CCCC[C@H]2C1)Cc1ccccc1. The maximum Gasteiger partial charge on any atom is 0.309 e. The van der Waals surface area contributed by atoms with Crippen molar-refractivity contribution < 1.29 is 14.3 Å². The third-order valence-electron chi connectivity index (χ3n) is 5.61. The molecule has 0 aromatic heterocycles. The molecular formula is C20H27NO3. The normalized spacial score (nSPS) is 24.3. The van der Waals surface area contributed by atoms with E-state index in [1.807, 2.05) is 35.2 Å². The van der Waals surface area contributed by atoms with Crippen molar-refractivity contribution in [3.8, 4) is 0 Å². The first-order valence-corrected chi connectivity index (χ1v) is 9.07. The number of likely N-dealkylation sites (tertiary alicyclic amines) is 1. The van der Waals surface area contributed by atoms with Gasteiger partial charge >= 0.3 is 5.97 Å². The summed E-state index contributed by atoms with van der Waals surface area (Å²) in [6.45, 7) is 1.76. The molecular weight excluding hydrogens is 302 g/mol. The Bertz CT molecular complexity index is 558. The van der Waals surface area contributed by atoms with E-state index in [2.05, 4.69) is 0 Å². The van der Waals surface area contributed by atoms with Gasteiger partial charge in [-0.1, -0.05) is 43.2 Å². The molecule has 0 spiro atoms.